The number of ether oxygens (including phenoxy) is 1. The number of halogens is 2. The van der Waals surface area contributed by atoms with Gasteiger partial charge < -0.3 is 9.64 Å². The van der Waals surface area contributed by atoms with Gasteiger partial charge in [0, 0.05) is 57.4 Å². The molecule has 0 aromatic heterocycles. The third-order valence-corrected chi connectivity index (χ3v) is 5.90. The molecule has 0 unspecified atom stereocenters. The predicted molar refractivity (Wildman–Crippen MR) is 112 cm³/mol. The molecule has 7 heteroatoms. The zero-order valence-electron chi connectivity index (χ0n) is 15.8. The monoisotopic (exact) mass is 415 g/mol. The van der Waals surface area contributed by atoms with Crippen LogP contribution >= 0.6 is 24.8 Å². The third kappa shape index (κ3) is 5.58. The van der Waals surface area contributed by atoms with E-state index in [1.54, 1.807) is 0 Å². The van der Waals surface area contributed by atoms with Crippen LogP contribution in [0, 0.1) is 0 Å². The molecule has 0 N–H and O–H groups in total. The molecule has 2 saturated heterocycles. The van der Waals surface area contributed by atoms with Crippen molar-refractivity contribution in [2.24, 2.45) is 0 Å². The second-order valence-corrected chi connectivity index (χ2v) is 7.50. The summed E-state index contributed by atoms with van der Waals surface area (Å²) >= 11 is 0. The number of amides is 1. The van der Waals surface area contributed by atoms with E-state index in [-0.39, 0.29) is 30.7 Å². The summed E-state index contributed by atoms with van der Waals surface area (Å²) in [4.78, 5) is 19.7. The van der Waals surface area contributed by atoms with Crippen molar-refractivity contribution >= 4 is 30.7 Å². The highest BCUT2D eigenvalue weighted by atomic mass is 35.5. The van der Waals surface area contributed by atoms with Gasteiger partial charge in [0.25, 0.3) is 5.91 Å². The summed E-state index contributed by atoms with van der Waals surface area (Å²) in [5.41, 5.74) is 2.09. The predicted octanol–water partition coefficient (Wildman–Crippen LogP) is 2.67. The van der Waals surface area contributed by atoms with E-state index in [0.29, 0.717) is 0 Å². The highest BCUT2D eigenvalue weighted by Gasteiger charge is 2.29. The molecule has 5 nitrogen and oxygen atoms in total. The van der Waals surface area contributed by atoms with Crippen molar-refractivity contribution in [2.45, 2.75) is 31.8 Å². The first-order valence-electron chi connectivity index (χ1n) is 9.72. The van der Waals surface area contributed by atoms with Gasteiger partial charge >= 0.3 is 0 Å². The maximum atomic E-state index is 12.7. The quantitative estimate of drug-likeness (QED) is 0.756. The minimum absolute atomic E-state index is 0. The van der Waals surface area contributed by atoms with Crippen LogP contribution in [0.5, 0.6) is 0 Å². The fraction of sp³-hybridized carbons (Fsp3) is 0.650. The molecule has 0 spiro atoms. The molecule has 152 valence electrons. The average molecular weight is 416 g/mol. The number of hydrogen-bond donors (Lipinski definition) is 0. The summed E-state index contributed by atoms with van der Waals surface area (Å²) in [7, 11) is 0. The number of morpholine rings is 1. The Labute approximate surface area is 174 Å². The fourth-order valence-electron chi connectivity index (χ4n) is 3.99. The van der Waals surface area contributed by atoms with Gasteiger partial charge in [-0.3, -0.25) is 14.6 Å². The minimum Gasteiger partial charge on any atom is -0.379 e. The molecule has 1 amide bonds. The van der Waals surface area contributed by atoms with Gasteiger partial charge in [-0.15, -0.1) is 24.8 Å². The van der Waals surface area contributed by atoms with Crippen LogP contribution in [0.3, 0.4) is 0 Å². The van der Waals surface area contributed by atoms with E-state index in [2.05, 4.69) is 21.9 Å². The molecule has 3 fully saturated rings. The molecule has 4 rings (SSSR count). The normalized spacial score (nSPS) is 21.7. The maximum absolute atomic E-state index is 12.7. The smallest absolute Gasteiger partial charge is 0.253 e. The highest BCUT2D eigenvalue weighted by molar-refractivity contribution is 5.94. The van der Waals surface area contributed by atoms with Gasteiger partial charge in [0.2, 0.25) is 0 Å². The number of benzene rings is 1. The molecule has 2 heterocycles. The Kier molecular flexibility index (Phi) is 8.83. The van der Waals surface area contributed by atoms with Crippen molar-refractivity contribution in [1.82, 2.24) is 14.7 Å². The molecule has 1 aromatic rings. The Morgan fingerprint density at radius 2 is 1.56 bits per heavy atom. The first kappa shape index (κ1) is 22.4. The van der Waals surface area contributed by atoms with Gasteiger partial charge in [0.05, 0.1) is 13.2 Å². The van der Waals surface area contributed by atoms with Gasteiger partial charge in [-0.25, -0.2) is 0 Å². The molecular formula is C20H31Cl2N3O2. The second-order valence-electron chi connectivity index (χ2n) is 7.50. The Morgan fingerprint density at radius 1 is 0.926 bits per heavy atom. The lowest BCUT2D eigenvalue weighted by Gasteiger charge is -2.42. The van der Waals surface area contributed by atoms with Crippen molar-refractivity contribution < 1.29 is 9.53 Å². The Bertz CT molecular complexity index is 581. The molecule has 0 bridgehead atoms. The summed E-state index contributed by atoms with van der Waals surface area (Å²) in [6.45, 7) is 8.37. The van der Waals surface area contributed by atoms with Crippen molar-refractivity contribution in [2.75, 3.05) is 52.5 Å². The van der Waals surface area contributed by atoms with E-state index in [1.165, 1.54) is 24.8 Å². The van der Waals surface area contributed by atoms with Crippen LogP contribution in [0.25, 0.3) is 0 Å². The zero-order valence-corrected chi connectivity index (χ0v) is 17.5. The van der Waals surface area contributed by atoms with Crippen molar-refractivity contribution in [3.8, 4) is 0 Å². The first-order chi connectivity index (χ1) is 12.3. The number of carbonyl (C=O) groups is 1. The maximum Gasteiger partial charge on any atom is 0.253 e. The van der Waals surface area contributed by atoms with Crippen LogP contribution in [0.15, 0.2) is 24.3 Å². The summed E-state index contributed by atoms with van der Waals surface area (Å²) in [5, 5.41) is 0. The highest BCUT2D eigenvalue weighted by Crippen LogP contribution is 2.25. The minimum atomic E-state index is 0. The molecule has 1 aromatic carbocycles. The Hall–Kier alpha value is -0.850. The van der Waals surface area contributed by atoms with Crippen LogP contribution < -0.4 is 0 Å². The Balaban J connectivity index is 0.00000131. The van der Waals surface area contributed by atoms with Crippen molar-refractivity contribution in [3.63, 3.8) is 0 Å². The average Bonchev–Trinajstić information content (AvgIpc) is 2.62. The summed E-state index contributed by atoms with van der Waals surface area (Å²) in [6, 6.07) is 8.99. The second kappa shape index (κ2) is 10.6. The number of nitrogens with zero attached hydrogens (tertiary/aromatic N) is 3. The molecule has 1 aliphatic carbocycles. The molecule has 2 aliphatic heterocycles. The number of hydrogen-bond acceptors (Lipinski definition) is 4. The summed E-state index contributed by atoms with van der Waals surface area (Å²) < 4.78 is 5.39. The number of rotatable bonds is 4. The van der Waals surface area contributed by atoms with E-state index in [0.717, 1.165) is 70.6 Å². The summed E-state index contributed by atoms with van der Waals surface area (Å²) in [5.74, 6) is 0.186. The fourth-order valence-corrected chi connectivity index (χ4v) is 3.99. The third-order valence-electron chi connectivity index (χ3n) is 5.90. The van der Waals surface area contributed by atoms with E-state index in [1.807, 2.05) is 17.0 Å². The molecule has 0 radical (unpaired) electrons. The van der Waals surface area contributed by atoms with Crippen molar-refractivity contribution in [1.29, 1.82) is 0 Å². The lowest BCUT2D eigenvalue weighted by molar-refractivity contribution is 0.0342. The molecule has 3 aliphatic rings. The van der Waals surface area contributed by atoms with Gasteiger partial charge in [-0.1, -0.05) is 18.6 Å². The number of carbonyl (C=O) groups excluding carboxylic acids is 1. The van der Waals surface area contributed by atoms with Crippen LogP contribution in [-0.2, 0) is 11.3 Å². The standard InChI is InChI=1S/C20H29N3O2.2ClH/c24-20(23-10-8-22(9-11-23)19-2-1-3-19)18-6-4-17(5-7-18)16-21-12-14-25-15-13-21;;/h4-7,19H,1-3,8-16H2;2*1H. The van der Waals surface area contributed by atoms with Crippen LogP contribution in [0.2, 0.25) is 0 Å². The first-order valence-corrected chi connectivity index (χ1v) is 9.72. The van der Waals surface area contributed by atoms with Crippen LogP contribution in [0.1, 0.15) is 35.2 Å². The van der Waals surface area contributed by atoms with Gasteiger partial charge in [-0.05, 0) is 30.5 Å². The largest absolute Gasteiger partial charge is 0.379 e. The lowest BCUT2D eigenvalue weighted by Crippen LogP contribution is -2.53. The van der Waals surface area contributed by atoms with Crippen molar-refractivity contribution in [3.05, 3.63) is 35.4 Å². The number of piperazine rings is 1. The SMILES string of the molecule is Cl.Cl.O=C(c1ccc(CN2CCOCC2)cc1)N1CCN(C2CCC2)CC1. The van der Waals surface area contributed by atoms with Gasteiger partial charge in [-0.2, -0.15) is 0 Å². The molecule has 1 saturated carbocycles. The van der Waals surface area contributed by atoms with Gasteiger partial charge in [0.15, 0.2) is 0 Å². The van der Waals surface area contributed by atoms with E-state index >= 15 is 0 Å². The summed E-state index contributed by atoms with van der Waals surface area (Å²) in [6.07, 6.45) is 4.07. The Morgan fingerprint density at radius 3 is 2.11 bits per heavy atom. The van der Waals surface area contributed by atoms with Crippen LogP contribution in [-0.4, -0.2) is 79.1 Å². The van der Waals surface area contributed by atoms with Gasteiger partial charge in [0.1, 0.15) is 0 Å². The van der Waals surface area contributed by atoms with Crippen LogP contribution in [0.4, 0.5) is 0 Å². The molecule has 27 heavy (non-hydrogen) atoms. The molecular weight excluding hydrogens is 385 g/mol. The topological polar surface area (TPSA) is 36.0 Å². The van der Waals surface area contributed by atoms with E-state index in [4.69, 9.17) is 4.74 Å². The lowest BCUT2D eigenvalue weighted by atomic mass is 9.91. The molecule has 0 atom stereocenters. The zero-order chi connectivity index (χ0) is 17.1. The van der Waals surface area contributed by atoms with E-state index in [9.17, 15) is 4.79 Å². The van der Waals surface area contributed by atoms with E-state index < -0.39 is 0 Å².